The summed E-state index contributed by atoms with van der Waals surface area (Å²) in [6.45, 7) is 2.69. The average molecular weight is 780 g/mol. The lowest BCUT2D eigenvalue weighted by molar-refractivity contribution is -0.157. The van der Waals surface area contributed by atoms with Crippen LogP contribution in [0.25, 0.3) is 10.9 Å². The van der Waals surface area contributed by atoms with Crippen LogP contribution in [0.4, 0.5) is 0 Å². The van der Waals surface area contributed by atoms with Crippen LogP contribution in [0.2, 0.25) is 0 Å². The predicted octanol–water partition coefficient (Wildman–Crippen LogP) is 3.79. The molecule has 8 N–H and O–H groups in total. The van der Waals surface area contributed by atoms with E-state index in [0.717, 1.165) is 39.8 Å². The molecule has 1 saturated heterocycles. The molecule has 0 spiro atoms. The molecule has 0 unspecified atom stereocenters. The van der Waals surface area contributed by atoms with Gasteiger partial charge in [-0.1, -0.05) is 91.7 Å². The van der Waals surface area contributed by atoms with Gasteiger partial charge in [0.05, 0.1) is 12.7 Å². The summed E-state index contributed by atoms with van der Waals surface area (Å²) in [5.74, 6) is -3.19. The van der Waals surface area contributed by atoms with Crippen LogP contribution in [0, 0.1) is 0 Å². The first-order valence-corrected chi connectivity index (χ1v) is 20.1. The topological polar surface area (TPSA) is 202 Å². The third-order valence-electron chi connectivity index (χ3n) is 10.4. The Hall–Kier alpha value is -5.37. The Morgan fingerprint density at radius 3 is 2.04 bits per heavy atom. The molecule has 0 radical (unpaired) electrons. The van der Waals surface area contributed by atoms with E-state index < -0.39 is 59.8 Å². The summed E-state index contributed by atoms with van der Waals surface area (Å²) < 4.78 is 6.22. The molecule has 0 aliphatic carbocycles. The van der Waals surface area contributed by atoms with Crippen LogP contribution >= 0.6 is 0 Å². The number of unbranched alkanes of at least 4 members (excludes halogenated alkanes) is 4. The highest BCUT2D eigenvalue weighted by Gasteiger charge is 2.43. The van der Waals surface area contributed by atoms with Gasteiger partial charge in [0.2, 0.25) is 23.6 Å². The summed E-state index contributed by atoms with van der Waals surface area (Å²) in [4.78, 5) is 77.3. The van der Waals surface area contributed by atoms with Crippen LogP contribution in [0.3, 0.4) is 0 Å². The Labute approximate surface area is 334 Å². The van der Waals surface area contributed by atoms with Crippen molar-refractivity contribution in [1.29, 1.82) is 0 Å². The van der Waals surface area contributed by atoms with E-state index in [2.05, 4.69) is 20.9 Å². The molecule has 304 valence electrons. The maximum atomic E-state index is 15.1. The molecule has 5 amide bonds. The van der Waals surface area contributed by atoms with Crippen molar-refractivity contribution in [3.63, 3.8) is 0 Å². The van der Waals surface area contributed by atoms with Gasteiger partial charge in [0.15, 0.2) is 0 Å². The highest BCUT2D eigenvalue weighted by molar-refractivity contribution is 6.05. The summed E-state index contributed by atoms with van der Waals surface area (Å²) in [5.41, 5.74) is 14.7. The lowest BCUT2D eigenvalue weighted by Crippen LogP contribution is -2.65. The largest absolute Gasteiger partial charge is 0.371 e. The summed E-state index contributed by atoms with van der Waals surface area (Å²) in [5, 5.41) is 9.56. The van der Waals surface area contributed by atoms with Crippen LogP contribution in [0.5, 0.6) is 0 Å². The minimum atomic E-state index is -1.39. The fourth-order valence-electron chi connectivity index (χ4n) is 7.20. The number of imide groups is 1. The number of nitrogens with one attached hydrogen (secondary N) is 4. The monoisotopic (exact) mass is 779 g/mol. The van der Waals surface area contributed by atoms with Gasteiger partial charge in [-0.25, -0.2) is 0 Å². The first-order valence-electron chi connectivity index (χ1n) is 20.1. The van der Waals surface area contributed by atoms with Crippen molar-refractivity contribution in [3.8, 4) is 0 Å². The Balaban J connectivity index is 1.58. The molecule has 13 nitrogen and oxygen atoms in total. The summed E-state index contributed by atoms with van der Waals surface area (Å²) in [6.07, 6.45) is 5.00. The van der Waals surface area contributed by atoms with Gasteiger partial charge < -0.3 is 37.1 Å². The molecule has 2 heterocycles. The number of carbonyl (C=O) groups excluding carboxylic acids is 5. The van der Waals surface area contributed by atoms with E-state index in [1.54, 1.807) is 13.1 Å². The molecule has 57 heavy (non-hydrogen) atoms. The fraction of sp³-hybridized carbons (Fsp3) is 0.432. The SMILES string of the molecule is C[C@@H](OCc1ccccc1)[C@@H]1NC(=O)[C@H](CCCCN)NC(=O)[C@@H](Cc2c[nH]c3ccccc23)NC(=O)[C@H](Cc2ccccc2)N(C(=O)CCCCCCN)C1=O. The Morgan fingerprint density at radius 1 is 0.702 bits per heavy atom. The zero-order chi connectivity index (χ0) is 40.6. The minimum absolute atomic E-state index is 0.0181. The Kier molecular flexibility index (Phi) is 16.4. The first kappa shape index (κ1) is 42.8. The average Bonchev–Trinajstić information content (AvgIpc) is 3.63. The predicted molar refractivity (Wildman–Crippen MR) is 219 cm³/mol. The van der Waals surface area contributed by atoms with Gasteiger partial charge in [-0.2, -0.15) is 0 Å². The van der Waals surface area contributed by atoms with Crippen molar-refractivity contribution in [1.82, 2.24) is 25.8 Å². The van der Waals surface area contributed by atoms with Crippen molar-refractivity contribution in [3.05, 3.63) is 108 Å². The maximum Gasteiger partial charge on any atom is 0.255 e. The van der Waals surface area contributed by atoms with Gasteiger partial charge in [-0.3, -0.25) is 28.9 Å². The fourth-order valence-corrected chi connectivity index (χ4v) is 7.20. The Morgan fingerprint density at radius 2 is 1.32 bits per heavy atom. The highest BCUT2D eigenvalue weighted by Crippen LogP contribution is 2.22. The molecule has 5 atom stereocenters. The third-order valence-corrected chi connectivity index (χ3v) is 10.4. The summed E-state index contributed by atoms with van der Waals surface area (Å²) in [7, 11) is 0. The quantitative estimate of drug-likeness (QED) is 0.0819. The lowest BCUT2D eigenvalue weighted by Gasteiger charge is -2.36. The van der Waals surface area contributed by atoms with Crippen LogP contribution in [0.15, 0.2) is 91.1 Å². The number of amides is 5. The van der Waals surface area contributed by atoms with Crippen molar-refractivity contribution in [2.45, 2.75) is 108 Å². The second-order valence-electron chi connectivity index (χ2n) is 14.7. The van der Waals surface area contributed by atoms with Crippen LogP contribution in [0.1, 0.15) is 75.0 Å². The second kappa shape index (κ2) is 21.8. The number of H-pyrrole nitrogens is 1. The molecule has 3 aromatic carbocycles. The number of ether oxygens (including phenoxy) is 1. The smallest absolute Gasteiger partial charge is 0.255 e. The van der Waals surface area contributed by atoms with Crippen LogP contribution in [-0.4, -0.2) is 82.8 Å². The van der Waals surface area contributed by atoms with Crippen LogP contribution in [-0.2, 0) is 48.2 Å². The number of nitrogens with two attached hydrogens (primary N) is 2. The number of benzene rings is 3. The van der Waals surface area contributed by atoms with E-state index >= 15 is 4.79 Å². The van der Waals surface area contributed by atoms with Crippen molar-refractivity contribution >= 4 is 40.4 Å². The molecular weight excluding hydrogens is 723 g/mol. The molecular formula is C44H57N7O6. The minimum Gasteiger partial charge on any atom is -0.371 e. The van der Waals surface area contributed by atoms with Gasteiger partial charge in [-0.05, 0) is 74.9 Å². The maximum absolute atomic E-state index is 15.1. The third kappa shape index (κ3) is 12.1. The van der Waals surface area contributed by atoms with Crippen molar-refractivity contribution in [2.24, 2.45) is 11.5 Å². The van der Waals surface area contributed by atoms with Gasteiger partial charge in [-0.15, -0.1) is 0 Å². The van der Waals surface area contributed by atoms with Gasteiger partial charge in [0, 0.05) is 36.4 Å². The number of rotatable bonds is 18. The standard InChI is InChI=1S/C44H57N7O6/c1-30(57-29-32-18-8-5-9-19-32)40-44(56)51(39(52)23-10-2-3-14-24-45)38(26-31-16-6-4-7-17-31)43(55)49-37(27-33-28-47-35-21-12-11-20-34(33)35)42(54)48-36(41(53)50-40)22-13-15-25-46/h4-9,11-12,16-21,28,30,36-38,40,47H,2-3,10,13-15,22-27,29,45-46H2,1H3,(H,48,54)(H,49,55)(H,50,53)/t30-,36+,37-,38+,40+/m1/s1. The van der Waals surface area contributed by atoms with Crippen molar-refractivity contribution in [2.75, 3.05) is 13.1 Å². The van der Waals surface area contributed by atoms with E-state index in [9.17, 15) is 19.2 Å². The van der Waals surface area contributed by atoms with Gasteiger partial charge in [0.25, 0.3) is 5.91 Å². The number of carbonyl (C=O) groups is 5. The summed E-state index contributed by atoms with van der Waals surface area (Å²) in [6, 6.07) is 21.1. The number of fused-ring (bicyclic) bond motifs is 1. The van der Waals surface area contributed by atoms with E-state index in [1.807, 2.05) is 84.9 Å². The molecule has 1 aromatic heterocycles. The molecule has 5 rings (SSSR count). The second-order valence-corrected chi connectivity index (χ2v) is 14.7. The zero-order valence-electron chi connectivity index (χ0n) is 32.8. The van der Waals surface area contributed by atoms with E-state index in [4.69, 9.17) is 16.2 Å². The normalized spacial score (nSPS) is 19.9. The number of para-hydroxylation sites is 1. The van der Waals surface area contributed by atoms with Crippen LogP contribution < -0.4 is 27.4 Å². The van der Waals surface area contributed by atoms with E-state index in [1.165, 1.54) is 0 Å². The molecule has 4 aromatic rings. The first-order chi connectivity index (χ1) is 27.7. The van der Waals surface area contributed by atoms with E-state index in [-0.39, 0.29) is 32.3 Å². The highest BCUT2D eigenvalue weighted by atomic mass is 16.5. The summed E-state index contributed by atoms with van der Waals surface area (Å²) >= 11 is 0. The Bertz CT molecular complexity index is 1920. The number of hydrogen-bond acceptors (Lipinski definition) is 8. The molecule has 1 fully saturated rings. The van der Waals surface area contributed by atoms with Gasteiger partial charge >= 0.3 is 0 Å². The molecule has 1 aliphatic rings. The number of aromatic amines is 1. The zero-order valence-corrected chi connectivity index (χ0v) is 32.8. The number of hydrogen-bond donors (Lipinski definition) is 6. The molecule has 0 bridgehead atoms. The number of nitrogens with zero attached hydrogens (tertiary/aromatic N) is 1. The van der Waals surface area contributed by atoms with Crippen molar-refractivity contribution < 1.29 is 28.7 Å². The molecule has 0 saturated carbocycles. The number of aromatic nitrogens is 1. The molecule has 13 heteroatoms. The van der Waals surface area contributed by atoms with Gasteiger partial charge in [0.1, 0.15) is 24.2 Å². The lowest BCUT2D eigenvalue weighted by atomic mass is 9.98. The molecule has 1 aliphatic heterocycles. The van der Waals surface area contributed by atoms with E-state index in [0.29, 0.717) is 44.3 Å².